The van der Waals surface area contributed by atoms with Crippen molar-refractivity contribution in [2.45, 2.75) is 58.8 Å². The zero-order valence-electron chi connectivity index (χ0n) is 19.2. The quantitative estimate of drug-likeness (QED) is 0.516. The monoisotopic (exact) mass is 448 g/mol. The lowest BCUT2D eigenvalue weighted by Crippen LogP contribution is -2.49. The van der Waals surface area contributed by atoms with Gasteiger partial charge in [0.15, 0.2) is 0 Å². The van der Waals surface area contributed by atoms with Gasteiger partial charge in [-0.05, 0) is 56.7 Å². The van der Waals surface area contributed by atoms with Crippen molar-refractivity contribution in [1.29, 1.82) is 0 Å². The highest BCUT2D eigenvalue weighted by Gasteiger charge is 2.27. The molecule has 0 atom stereocenters. The summed E-state index contributed by atoms with van der Waals surface area (Å²) in [6.45, 7) is 7.33. The third-order valence-electron chi connectivity index (χ3n) is 6.73. The highest BCUT2D eigenvalue weighted by atomic mass is 32.1. The van der Waals surface area contributed by atoms with Gasteiger partial charge in [0.25, 0.3) is 5.91 Å². The fraction of sp³-hybridized carbons (Fsp3) is 0.500. The summed E-state index contributed by atoms with van der Waals surface area (Å²) in [6, 6.07) is 7.91. The van der Waals surface area contributed by atoms with Gasteiger partial charge in [0.1, 0.15) is 16.5 Å². The predicted octanol–water partition coefficient (Wildman–Crippen LogP) is 5.18. The number of carbonyl (C=O) groups excluding carboxylic acids is 1. The Hall–Kier alpha value is -2.47. The average Bonchev–Trinajstić information content (AvgIpc) is 2.99. The number of carbonyl (C=O) groups is 1. The zero-order valence-corrected chi connectivity index (χ0v) is 20.0. The summed E-state index contributed by atoms with van der Waals surface area (Å²) >= 11 is 1.89. The summed E-state index contributed by atoms with van der Waals surface area (Å²) in [5, 5.41) is 1.30. The molecule has 3 heterocycles. The molecule has 6 heteroatoms. The lowest BCUT2D eigenvalue weighted by Gasteiger charge is -2.36. The Balaban J connectivity index is 1.42. The minimum Gasteiger partial charge on any atom is -0.352 e. The molecule has 1 aliphatic carbocycles. The van der Waals surface area contributed by atoms with E-state index in [4.69, 9.17) is 9.97 Å². The van der Waals surface area contributed by atoms with Crippen LogP contribution in [0.5, 0.6) is 0 Å². The Kier molecular flexibility index (Phi) is 6.13. The summed E-state index contributed by atoms with van der Waals surface area (Å²) in [5.74, 6) is 2.21. The van der Waals surface area contributed by atoms with Crippen molar-refractivity contribution in [3.8, 4) is 0 Å². The molecule has 5 rings (SSSR count). The number of anilines is 1. The Labute approximate surface area is 194 Å². The van der Waals surface area contributed by atoms with E-state index in [-0.39, 0.29) is 5.91 Å². The van der Waals surface area contributed by atoms with Crippen molar-refractivity contribution in [1.82, 2.24) is 14.9 Å². The van der Waals surface area contributed by atoms with Crippen LogP contribution in [-0.4, -0.2) is 47.0 Å². The Morgan fingerprint density at radius 2 is 1.75 bits per heavy atom. The molecule has 5 nitrogen and oxygen atoms in total. The first kappa shape index (κ1) is 21.4. The minimum absolute atomic E-state index is 0.133. The van der Waals surface area contributed by atoms with E-state index >= 15 is 0 Å². The lowest BCUT2D eigenvalue weighted by atomic mass is 10.1. The zero-order chi connectivity index (χ0) is 22.1. The Morgan fingerprint density at radius 1 is 1.00 bits per heavy atom. The summed E-state index contributed by atoms with van der Waals surface area (Å²) < 4.78 is 0. The number of fused-ring (bicyclic) bond motifs is 3. The molecule has 0 bridgehead atoms. The van der Waals surface area contributed by atoms with Crippen LogP contribution in [0.1, 0.15) is 64.8 Å². The standard InChI is InChI=1S/C26H32N4OS/c1-3-7-22-27-24(23-20-8-5-4-6-9-21(20)32-25(23)28-22)29-14-16-30(17-15-29)26(31)19-12-10-18(2)11-13-19/h10-13H,3-9,14-17H2,1-2H3. The first-order valence-electron chi connectivity index (χ1n) is 12.1. The van der Waals surface area contributed by atoms with Crippen LogP contribution in [-0.2, 0) is 19.3 Å². The molecule has 0 radical (unpaired) electrons. The molecule has 32 heavy (non-hydrogen) atoms. The molecule has 0 unspecified atom stereocenters. The maximum Gasteiger partial charge on any atom is 0.253 e. The van der Waals surface area contributed by atoms with E-state index < -0.39 is 0 Å². The number of aryl methyl sites for hydroxylation is 4. The normalized spacial score (nSPS) is 16.8. The molecule has 1 fully saturated rings. The largest absolute Gasteiger partial charge is 0.352 e. The molecule has 2 aromatic heterocycles. The predicted molar refractivity (Wildman–Crippen MR) is 132 cm³/mol. The lowest BCUT2D eigenvalue weighted by molar-refractivity contribution is 0.0746. The molecule has 1 saturated heterocycles. The molecule has 168 valence electrons. The third kappa shape index (κ3) is 4.13. The first-order valence-corrected chi connectivity index (χ1v) is 12.9. The van der Waals surface area contributed by atoms with Crippen LogP contribution < -0.4 is 4.90 Å². The van der Waals surface area contributed by atoms with Gasteiger partial charge in [-0.1, -0.05) is 31.0 Å². The van der Waals surface area contributed by atoms with E-state index in [1.807, 2.05) is 47.4 Å². The van der Waals surface area contributed by atoms with Crippen LogP contribution >= 0.6 is 11.3 Å². The molecular weight excluding hydrogens is 416 g/mol. The summed E-state index contributed by atoms with van der Waals surface area (Å²) in [7, 11) is 0. The fourth-order valence-corrected chi connectivity index (χ4v) is 6.20. The van der Waals surface area contributed by atoms with Gasteiger partial charge in [-0.2, -0.15) is 0 Å². The van der Waals surface area contributed by atoms with E-state index in [0.29, 0.717) is 0 Å². The van der Waals surface area contributed by atoms with Crippen molar-refractivity contribution >= 4 is 33.3 Å². The topological polar surface area (TPSA) is 49.3 Å². The van der Waals surface area contributed by atoms with E-state index in [9.17, 15) is 4.79 Å². The van der Waals surface area contributed by atoms with Crippen LogP contribution in [0.25, 0.3) is 10.2 Å². The van der Waals surface area contributed by atoms with Crippen LogP contribution in [0.2, 0.25) is 0 Å². The molecule has 0 N–H and O–H groups in total. The van der Waals surface area contributed by atoms with Gasteiger partial charge in [-0.25, -0.2) is 9.97 Å². The van der Waals surface area contributed by atoms with Gasteiger partial charge >= 0.3 is 0 Å². The summed E-state index contributed by atoms with van der Waals surface area (Å²) in [6.07, 6.45) is 8.14. The maximum absolute atomic E-state index is 13.0. The van der Waals surface area contributed by atoms with Crippen LogP contribution in [0.15, 0.2) is 24.3 Å². The van der Waals surface area contributed by atoms with Crippen molar-refractivity contribution in [3.63, 3.8) is 0 Å². The maximum atomic E-state index is 13.0. The van der Waals surface area contributed by atoms with Gasteiger partial charge in [-0.15, -0.1) is 11.3 Å². The van der Waals surface area contributed by atoms with Gasteiger partial charge < -0.3 is 9.80 Å². The van der Waals surface area contributed by atoms with Crippen molar-refractivity contribution in [3.05, 3.63) is 51.7 Å². The summed E-state index contributed by atoms with van der Waals surface area (Å²) in [5.41, 5.74) is 3.46. The number of hydrogen-bond acceptors (Lipinski definition) is 5. The van der Waals surface area contributed by atoms with Crippen molar-refractivity contribution in [2.24, 2.45) is 0 Å². The highest BCUT2D eigenvalue weighted by molar-refractivity contribution is 7.19. The molecule has 1 amide bonds. The number of piperazine rings is 1. The number of thiophene rings is 1. The third-order valence-corrected chi connectivity index (χ3v) is 7.92. The molecule has 2 aliphatic rings. The van der Waals surface area contributed by atoms with Crippen molar-refractivity contribution in [2.75, 3.05) is 31.1 Å². The second kappa shape index (κ2) is 9.18. The SMILES string of the molecule is CCCc1nc(N2CCN(C(=O)c3ccc(C)cc3)CC2)c2c3c(sc2n1)CCCCC3. The first-order chi connectivity index (χ1) is 15.6. The van der Waals surface area contributed by atoms with E-state index in [1.54, 1.807) is 0 Å². The van der Waals surface area contributed by atoms with Crippen LogP contribution in [0.3, 0.4) is 0 Å². The molecule has 0 saturated carbocycles. The smallest absolute Gasteiger partial charge is 0.253 e. The molecule has 3 aromatic rings. The second-order valence-electron chi connectivity index (χ2n) is 9.10. The number of amides is 1. The summed E-state index contributed by atoms with van der Waals surface area (Å²) in [4.78, 5) is 30.1. The average molecular weight is 449 g/mol. The van der Waals surface area contributed by atoms with Gasteiger partial charge in [0, 0.05) is 43.0 Å². The fourth-order valence-electron chi connectivity index (χ4n) is 4.92. The number of nitrogens with zero attached hydrogens (tertiary/aromatic N) is 4. The minimum atomic E-state index is 0.133. The number of rotatable bonds is 4. The number of aromatic nitrogens is 2. The molecule has 0 spiro atoms. The Morgan fingerprint density at radius 3 is 2.50 bits per heavy atom. The van der Waals surface area contributed by atoms with Crippen molar-refractivity contribution < 1.29 is 4.79 Å². The number of benzene rings is 1. The molecular formula is C26H32N4OS. The molecule has 1 aromatic carbocycles. The van der Waals surface area contributed by atoms with E-state index in [2.05, 4.69) is 11.8 Å². The highest BCUT2D eigenvalue weighted by Crippen LogP contribution is 2.39. The molecule has 1 aliphatic heterocycles. The number of hydrogen-bond donors (Lipinski definition) is 0. The second-order valence-corrected chi connectivity index (χ2v) is 10.2. The van der Waals surface area contributed by atoms with E-state index in [0.717, 1.165) is 62.6 Å². The van der Waals surface area contributed by atoms with Gasteiger partial charge in [-0.3, -0.25) is 4.79 Å². The van der Waals surface area contributed by atoms with Gasteiger partial charge in [0.05, 0.1) is 5.39 Å². The Bertz CT molecular complexity index is 1110. The van der Waals surface area contributed by atoms with E-state index in [1.165, 1.54) is 51.9 Å². The van der Waals surface area contributed by atoms with Crippen LogP contribution in [0.4, 0.5) is 5.82 Å². The van der Waals surface area contributed by atoms with Crippen LogP contribution in [0, 0.1) is 6.92 Å². The van der Waals surface area contributed by atoms with Gasteiger partial charge in [0.2, 0.25) is 0 Å².